The van der Waals surface area contributed by atoms with Crippen molar-refractivity contribution in [3.63, 3.8) is 0 Å². The van der Waals surface area contributed by atoms with E-state index < -0.39 is 11.6 Å². The van der Waals surface area contributed by atoms with E-state index in [-0.39, 0.29) is 18.0 Å². The molecule has 3 aromatic rings. The van der Waals surface area contributed by atoms with Crippen molar-refractivity contribution < 1.29 is 23.8 Å². The van der Waals surface area contributed by atoms with Crippen LogP contribution < -0.4 is 10.4 Å². The van der Waals surface area contributed by atoms with Crippen LogP contribution in [-0.2, 0) is 13.0 Å². The fourth-order valence-electron chi connectivity index (χ4n) is 4.00. The normalized spacial score (nSPS) is 13.3. The van der Waals surface area contributed by atoms with Crippen LogP contribution in [0.2, 0.25) is 0 Å². The summed E-state index contributed by atoms with van der Waals surface area (Å²) in [4.78, 5) is 40.4. The maximum Gasteiger partial charge on any atom is 0.341 e. The molecule has 0 bridgehead atoms. The van der Waals surface area contributed by atoms with E-state index in [4.69, 9.17) is 14.3 Å². The van der Waals surface area contributed by atoms with Crippen molar-refractivity contribution in [3.8, 4) is 5.75 Å². The molecule has 0 aliphatic carbocycles. The second-order valence-corrected chi connectivity index (χ2v) is 8.47. The summed E-state index contributed by atoms with van der Waals surface area (Å²) in [5, 5.41) is 9.90. The number of hydrogen-bond donors (Lipinski definition) is 1. The molecule has 33 heavy (non-hydrogen) atoms. The topological polar surface area (TPSA) is 100 Å². The molecule has 0 saturated carbocycles. The first-order chi connectivity index (χ1) is 15.7. The smallest absolute Gasteiger partial charge is 0.341 e. The predicted octanol–water partition coefficient (Wildman–Crippen LogP) is 2.94. The summed E-state index contributed by atoms with van der Waals surface area (Å²) in [5.41, 5.74) is 2.84. The summed E-state index contributed by atoms with van der Waals surface area (Å²) >= 11 is 0. The van der Waals surface area contributed by atoms with Crippen LogP contribution in [0.1, 0.15) is 37.4 Å². The lowest BCUT2D eigenvalue weighted by Gasteiger charge is -2.29. The van der Waals surface area contributed by atoms with Crippen LogP contribution >= 0.6 is 0 Å². The average Bonchev–Trinajstić information content (AvgIpc) is 2.79. The van der Waals surface area contributed by atoms with E-state index in [9.17, 15) is 14.4 Å². The summed E-state index contributed by atoms with van der Waals surface area (Å²) in [6.07, 6.45) is 0.524. The van der Waals surface area contributed by atoms with Crippen molar-refractivity contribution in [2.45, 2.75) is 19.9 Å². The minimum absolute atomic E-state index is 0.114. The van der Waals surface area contributed by atoms with Crippen LogP contribution in [0.4, 0.5) is 0 Å². The number of hydrogen-bond acceptors (Lipinski definition) is 6. The standard InChI is InChI=1S/C25H26N2O6/c1-15-12-19-18-8-9-27(23(28)16-4-6-17(7-5-16)24(29)30)14-20(18)25(31)33-22(19)13-21(15)32-11-10-26(2)3/h4-7,12-13H,8-11,14H2,1-3H3,(H,29,30). The number of carboxylic acids is 1. The lowest BCUT2D eigenvalue weighted by molar-refractivity contribution is 0.0692. The number of fused-ring (bicyclic) bond motifs is 3. The molecule has 1 N–H and O–H groups in total. The molecule has 0 fully saturated rings. The molecule has 2 heterocycles. The van der Waals surface area contributed by atoms with Crippen LogP contribution in [0.3, 0.4) is 0 Å². The molecule has 8 nitrogen and oxygen atoms in total. The molecule has 172 valence electrons. The van der Waals surface area contributed by atoms with Gasteiger partial charge in [0.05, 0.1) is 17.7 Å². The molecule has 4 rings (SSSR count). The number of nitrogens with zero attached hydrogens (tertiary/aromatic N) is 2. The van der Waals surface area contributed by atoms with Gasteiger partial charge in [-0.1, -0.05) is 0 Å². The van der Waals surface area contributed by atoms with E-state index in [2.05, 4.69) is 0 Å². The third-order valence-corrected chi connectivity index (χ3v) is 5.86. The molecule has 1 aliphatic rings. The van der Waals surface area contributed by atoms with E-state index in [0.717, 1.165) is 23.1 Å². The van der Waals surface area contributed by atoms with Gasteiger partial charge in [-0.2, -0.15) is 0 Å². The fourth-order valence-corrected chi connectivity index (χ4v) is 4.00. The highest BCUT2D eigenvalue weighted by Crippen LogP contribution is 2.31. The second kappa shape index (κ2) is 9.07. The number of aromatic carboxylic acids is 1. The number of aryl methyl sites for hydroxylation is 1. The van der Waals surface area contributed by atoms with Crippen LogP contribution in [-0.4, -0.2) is 60.6 Å². The Morgan fingerprint density at radius 1 is 1.12 bits per heavy atom. The summed E-state index contributed by atoms with van der Waals surface area (Å²) in [6.45, 7) is 3.85. The minimum atomic E-state index is -1.05. The molecule has 8 heteroatoms. The predicted molar refractivity (Wildman–Crippen MR) is 123 cm³/mol. The van der Waals surface area contributed by atoms with E-state index in [1.165, 1.54) is 24.3 Å². The second-order valence-electron chi connectivity index (χ2n) is 8.47. The third kappa shape index (κ3) is 4.61. The molecule has 1 amide bonds. The van der Waals surface area contributed by atoms with Crippen LogP contribution in [0.15, 0.2) is 45.6 Å². The van der Waals surface area contributed by atoms with Gasteiger partial charge < -0.3 is 24.1 Å². The van der Waals surface area contributed by atoms with Crippen molar-refractivity contribution in [3.05, 3.63) is 74.6 Å². The Bertz CT molecular complexity index is 1280. The van der Waals surface area contributed by atoms with Gasteiger partial charge in [0, 0.05) is 30.1 Å². The van der Waals surface area contributed by atoms with E-state index in [1.807, 2.05) is 32.0 Å². The van der Waals surface area contributed by atoms with Gasteiger partial charge in [-0.3, -0.25) is 4.79 Å². The number of benzene rings is 2. The van der Waals surface area contributed by atoms with Crippen LogP contribution in [0.25, 0.3) is 11.0 Å². The largest absolute Gasteiger partial charge is 0.492 e. The maximum atomic E-state index is 12.9. The number of carbonyl (C=O) groups is 2. The lowest BCUT2D eigenvalue weighted by Crippen LogP contribution is -2.38. The zero-order chi connectivity index (χ0) is 23.7. The molecule has 0 atom stereocenters. The Hall–Kier alpha value is -3.65. The van der Waals surface area contributed by atoms with Crippen molar-refractivity contribution in [2.24, 2.45) is 0 Å². The Balaban J connectivity index is 1.60. The first kappa shape index (κ1) is 22.5. The van der Waals surface area contributed by atoms with Crippen molar-refractivity contribution in [1.82, 2.24) is 9.80 Å². The van der Waals surface area contributed by atoms with Crippen molar-refractivity contribution in [2.75, 3.05) is 33.8 Å². The molecule has 1 aromatic heterocycles. The van der Waals surface area contributed by atoms with E-state index in [0.29, 0.717) is 42.0 Å². The first-order valence-electron chi connectivity index (χ1n) is 10.7. The number of ether oxygens (including phenoxy) is 1. The number of rotatable bonds is 6. The Kier molecular flexibility index (Phi) is 6.20. The van der Waals surface area contributed by atoms with Crippen molar-refractivity contribution in [1.29, 1.82) is 0 Å². The van der Waals surface area contributed by atoms with Gasteiger partial charge >= 0.3 is 11.6 Å². The summed E-state index contributed by atoms with van der Waals surface area (Å²) < 4.78 is 11.5. The van der Waals surface area contributed by atoms with Crippen molar-refractivity contribution >= 4 is 22.8 Å². The van der Waals surface area contributed by atoms with Gasteiger partial charge in [0.1, 0.15) is 17.9 Å². The average molecular weight is 450 g/mol. The van der Waals surface area contributed by atoms with Gasteiger partial charge in [-0.25, -0.2) is 9.59 Å². The minimum Gasteiger partial charge on any atom is -0.492 e. The van der Waals surface area contributed by atoms with Gasteiger partial charge in [0.2, 0.25) is 0 Å². The summed E-state index contributed by atoms with van der Waals surface area (Å²) in [6, 6.07) is 9.52. The Labute approximate surface area is 191 Å². The Morgan fingerprint density at radius 3 is 2.48 bits per heavy atom. The number of carboxylic acid groups (broad SMARTS) is 1. The zero-order valence-corrected chi connectivity index (χ0v) is 18.9. The highest BCUT2D eigenvalue weighted by molar-refractivity contribution is 5.96. The number of amides is 1. The summed E-state index contributed by atoms with van der Waals surface area (Å²) in [5.74, 6) is -0.616. The molecule has 0 spiro atoms. The maximum absolute atomic E-state index is 12.9. The Morgan fingerprint density at radius 2 is 1.82 bits per heavy atom. The molecule has 2 aromatic carbocycles. The number of carbonyl (C=O) groups excluding carboxylic acids is 1. The monoisotopic (exact) mass is 450 g/mol. The van der Waals surface area contributed by atoms with Gasteiger partial charge in [-0.05, 0) is 68.9 Å². The van der Waals surface area contributed by atoms with Crippen LogP contribution in [0, 0.1) is 6.92 Å². The highest BCUT2D eigenvalue weighted by Gasteiger charge is 2.27. The molecule has 0 radical (unpaired) electrons. The van der Waals surface area contributed by atoms with E-state index >= 15 is 0 Å². The number of likely N-dealkylation sites (N-methyl/N-ethyl adjacent to an activating group) is 1. The molecular formula is C25H26N2O6. The first-order valence-corrected chi connectivity index (χ1v) is 10.7. The lowest BCUT2D eigenvalue weighted by atomic mass is 9.96. The zero-order valence-electron chi connectivity index (χ0n) is 18.9. The fraction of sp³-hybridized carbons (Fsp3) is 0.320. The van der Waals surface area contributed by atoms with Gasteiger partial charge in [0.15, 0.2) is 0 Å². The molecular weight excluding hydrogens is 424 g/mol. The third-order valence-electron chi connectivity index (χ3n) is 5.86. The highest BCUT2D eigenvalue weighted by atomic mass is 16.5. The molecule has 0 saturated heterocycles. The van der Waals surface area contributed by atoms with Crippen LogP contribution in [0.5, 0.6) is 5.75 Å². The molecule has 0 unspecified atom stereocenters. The van der Waals surface area contributed by atoms with Gasteiger partial charge in [0.25, 0.3) is 5.91 Å². The van der Waals surface area contributed by atoms with Gasteiger partial charge in [-0.15, -0.1) is 0 Å². The SMILES string of the molecule is Cc1cc2c3c(c(=O)oc2cc1OCCN(C)C)CN(C(=O)c1ccc(C(=O)O)cc1)CC3. The quantitative estimate of drug-likeness (QED) is 0.576. The molecule has 1 aliphatic heterocycles. The van der Waals surface area contributed by atoms with E-state index in [1.54, 1.807) is 11.0 Å². The summed E-state index contributed by atoms with van der Waals surface area (Å²) in [7, 11) is 3.95.